The zero-order valence-corrected chi connectivity index (χ0v) is 22.8. The summed E-state index contributed by atoms with van der Waals surface area (Å²) in [6, 6.07) is 4.96. The number of nitriles is 2. The van der Waals surface area contributed by atoms with Crippen LogP contribution in [0, 0.1) is 78.8 Å². The summed E-state index contributed by atoms with van der Waals surface area (Å²) >= 11 is 0. The van der Waals surface area contributed by atoms with Crippen LogP contribution in [0.3, 0.4) is 0 Å². The lowest BCUT2D eigenvalue weighted by molar-refractivity contribution is -0.216. The van der Waals surface area contributed by atoms with Crippen LogP contribution in [0.2, 0.25) is 0 Å². The molecule has 4 heteroatoms. The molecule has 8 atom stereocenters. The van der Waals surface area contributed by atoms with Crippen molar-refractivity contribution >= 4 is 11.6 Å². The summed E-state index contributed by atoms with van der Waals surface area (Å²) in [5.41, 5.74) is -1.16. The molecule has 5 aliphatic carbocycles. The molecule has 35 heavy (non-hydrogen) atoms. The molecule has 0 amide bonds. The zero-order chi connectivity index (χ0) is 25.8. The summed E-state index contributed by atoms with van der Waals surface area (Å²) in [4.78, 5) is 27.5. The summed E-state index contributed by atoms with van der Waals surface area (Å²) in [5, 5.41) is 20.3. The highest BCUT2D eigenvalue weighted by Crippen LogP contribution is 2.75. The summed E-state index contributed by atoms with van der Waals surface area (Å²) in [5.74, 6) is 0.569. The topological polar surface area (TPSA) is 81.7 Å². The molecule has 188 valence electrons. The number of carbonyl (C=O) groups is 2. The van der Waals surface area contributed by atoms with E-state index in [-0.39, 0.29) is 62.1 Å². The highest BCUT2D eigenvalue weighted by atomic mass is 16.1. The van der Waals surface area contributed by atoms with Gasteiger partial charge in [0.2, 0.25) is 0 Å². The Bertz CT molecular complexity index is 1120. The van der Waals surface area contributed by atoms with Crippen molar-refractivity contribution in [2.75, 3.05) is 0 Å². The largest absolute Gasteiger partial charge is 0.299 e. The standard InChI is InChI=1S/C31H42N2O2/c1-26(2)10-12-31(18-33)13-11-30(7)24(20(31)16-26)21(34)14-23-28(5)15-19(17-32)25(35)27(3,4)22(28)8-9-29(23,30)6/h15,20,22-24H,8-14,16H2,1-7H3/t20?,22?,23?,24?,28-,29+,30+,31+/m0/s1. The Morgan fingerprint density at radius 1 is 0.857 bits per heavy atom. The third kappa shape index (κ3) is 2.89. The third-order valence-corrected chi connectivity index (χ3v) is 12.7. The van der Waals surface area contributed by atoms with Gasteiger partial charge in [0.15, 0.2) is 5.78 Å². The van der Waals surface area contributed by atoms with Crippen molar-refractivity contribution in [1.29, 1.82) is 10.5 Å². The van der Waals surface area contributed by atoms with E-state index in [4.69, 9.17) is 0 Å². The Labute approximate surface area is 211 Å². The molecule has 0 aromatic rings. The van der Waals surface area contributed by atoms with Gasteiger partial charge in [0.1, 0.15) is 11.9 Å². The molecule has 4 nitrogen and oxygen atoms in total. The second kappa shape index (κ2) is 7.09. The smallest absolute Gasteiger partial charge is 0.178 e. The summed E-state index contributed by atoms with van der Waals surface area (Å²) in [6.07, 6.45) is 9.12. The van der Waals surface area contributed by atoms with Crippen molar-refractivity contribution in [2.24, 2.45) is 56.2 Å². The molecule has 0 aromatic heterocycles. The van der Waals surface area contributed by atoms with Gasteiger partial charge in [-0.2, -0.15) is 10.5 Å². The average Bonchev–Trinajstić information content (AvgIpc) is 2.77. The first-order chi connectivity index (χ1) is 16.1. The van der Waals surface area contributed by atoms with Gasteiger partial charge in [-0.15, -0.1) is 0 Å². The van der Waals surface area contributed by atoms with Crippen LogP contribution in [-0.2, 0) is 9.59 Å². The second-order valence-electron chi connectivity index (χ2n) is 15.0. The maximum Gasteiger partial charge on any atom is 0.178 e. The lowest BCUT2D eigenvalue weighted by Gasteiger charge is -2.71. The maximum atomic E-state index is 14.3. The monoisotopic (exact) mass is 474 g/mol. The van der Waals surface area contributed by atoms with Crippen LogP contribution in [0.15, 0.2) is 11.6 Å². The minimum absolute atomic E-state index is 0.0433. The molecule has 4 saturated carbocycles. The quantitative estimate of drug-likeness (QED) is 0.386. The number of hydrogen-bond donors (Lipinski definition) is 0. The summed E-state index contributed by atoms with van der Waals surface area (Å²) in [6.45, 7) is 15.6. The minimum Gasteiger partial charge on any atom is -0.299 e. The highest BCUT2D eigenvalue weighted by Gasteiger charge is 2.72. The number of allylic oxidation sites excluding steroid dienone is 2. The Kier molecular flexibility index (Phi) is 5.01. The van der Waals surface area contributed by atoms with Crippen molar-refractivity contribution in [1.82, 2.24) is 0 Å². The molecular formula is C31H42N2O2. The average molecular weight is 475 g/mol. The van der Waals surface area contributed by atoms with E-state index in [1.165, 1.54) is 0 Å². The van der Waals surface area contributed by atoms with Crippen molar-refractivity contribution in [3.8, 4) is 12.1 Å². The van der Waals surface area contributed by atoms with Gasteiger partial charge in [0, 0.05) is 17.8 Å². The summed E-state index contributed by atoms with van der Waals surface area (Å²) < 4.78 is 0. The van der Waals surface area contributed by atoms with Gasteiger partial charge in [-0.1, -0.05) is 54.5 Å². The Morgan fingerprint density at radius 2 is 1.51 bits per heavy atom. The van der Waals surface area contributed by atoms with Crippen LogP contribution in [0.4, 0.5) is 0 Å². The molecule has 0 aliphatic heterocycles. The van der Waals surface area contributed by atoms with Crippen molar-refractivity contribution in [3.05, 3.63) is 11.6 Å². The predicted octanol–water partition coefficient (Wildman–Crippen LogP) is 6.81. The first kappa shape index (κ1) is 24.7. The number of hydrogen-bond acceptors (Lipinski definition) is 4. The van der Waals surface area contributed by atoms with Gasteiger partial charge in [-0.3, -0.25) is 9.59 Å². The number of fused-ring (bicyclic) bond motifs is 7. The minimum atomic E-state index is -0.605. The van der Waals surface area contributed by atoms with E-state index < -0.39 is 5.41 Å². The van der Waals surface area contributed by atoms with E-state index in [0.717, 1.165) is 44.9 Å². The number of carbonyl (C=O) groups excluding carboxylic acids is 2. The van der Waals surface area contributed by atoms with E-state index in [9.17, 15) is 20.1 Å². The molecule has 5 rings (SSSR count). The lowest BCUT2D eigenvalue weighted by atomic mass is 9.31. The fourth-order valence-corrected chi connectivity index (χ4v) is 10.5. The molecule has 4 unspecified atom stereocenters. The van der Waals surface area contributed by atoms with Crippen LogP contribution in [-0.4, -0.2) is 11.6 Å². The van der Waals surface area contributed by atoms with Crippen LogP contribution in [0.5, 0.6) is 0 Å². The Balaban J connectivity index is 1.64. The van der Waals surface area contributed by atoms with Gasteiger partial charge in [0.05, 0.1) is 17.1 Å². The molecule has 0 aromatic carbocycles. The fourth-order valence-electron chi connectivity index (χ4n) is 10.5. The van der Waals surface area contributed by atoms with Crippen LogP contribution in [0.1, 0.15) is 99.8 Å². The first-order valence-corrected chi connectivity index (χ1v) is 13.7. The molecule has 0 saturated heterocycles. The molecule has 0 radical (unpaired) electrons. The van der Waals surface area contributed by atoms with E-state index in [0.29, 0.717) is 12.2 Å². The highest BCUT2D eigenvalue weighted by molar-refractivity contribution is 6.04. The molecule has 0 spiro atoms. The van der Waals surface area contributed by atoms with Crippen molar-refractivity contribution in [3.63, 3.8) is 0 Å². The maximum absolute atomic E-state index is 14.3. The Hall–Kier alpha value is -1.94. The third-order valence-electron chi connectivity index (χ3n) is 12.7. The van der Waals surface area contributed by atoms with Crippen LogP contribution in [0.25, 0.3) is 0 Å². The zero-order valence-electron chi connectivity index (χ0n) is 22.8. The van der Waals surface area contributed by atoms with Gasteiger partial charge < -0.3 is 0 Å². The van der Waals surface area contributed by atoms with Gasteiger partial charge in [-0.05, 0) is 84.4 Å². The molecule has 0 N–H and O–H groups in total. The predicted molar refractivity (Wildman–Crippen MR) is 135 cm³/mol. The van der Waals surface area contributed by atoms with Gasteiger partial charge in [0.25, 0.3) is 0 Å². The molecule has 5 aliphatic rings. The SMILES string of the molecule is CC1(C)CC[C@]2(C#N)CC[C@]3(C)C(C(=O)CC4[C@@]5(C)C=C(C#N)C(=O)C(C)(C)C5CC[C@]43C)C2C1. The number of Topliss-reactive ketones (excluding diaryl/α,β-unsaturated/α-hetero) is 2. The normalized spacial score (nSPS) is 49.8. The molecular weight excluding hydrogens is 432 g/mol. The fraction of sp³-hybridized carbons (Fsp3) is 0.806. The van der Waals surface area contributed by atoms with Crippen LogP contribution >= 0.6 is 0 Å². The van der Waals surface area contributed by atoms with Gasteiger partial charge >= 0.3 is 0 Å². The second-order valence-corrected chi connectivity index (χ2v) is 15.0. The molecule has 0 bridgehead atoms. The van der Waals surface area contributed by atoms with E-state index >= 15 is 0 Å². The Morgan fingerprint density at radius 3 is 2.14 bits per heavy atom. The van der Waals surface area contributed by atoms with E-state index in [2.05, 4.69) is 46.8 Å². The summed E-state index contributed by atoms with van der Waals surface area (Å²) in [7, 11) is 0. The van der Waals surface area contributed by atoms with Crippen molar-refractivity contribution < 1.29 is 9.59 Å². The van der Waals surface area contributed by atoms with Crippen molar-refractivity contribution in [2.45, 2.75) is 99.8 Å². The first-order valence-electron chi connectivity index (χ1n) is 13.7. The van der Waals surface area contributed by atoms with E-state index in [1.807, 2.05) is 19.9 Å². The number of nitrogens with zero attached hydrogens (tertiary/aromatic N) is 2. The van der Waals surface area contributed by atoms with E-state index in [1.54, 1.807) is 0 Å². The number of rotatable bonds is 0. The lowest BCUT2D eigenvalue weighted by Crippen LogP contribution is -2.68. The molecule has 0 heterocycles. The van der Waals surface area contributed by atoms with Gasteiger partial charge in [-0.25, -0.2) is 0 Å². The molecule has 4 fully saturated rings. The number of ketones is 2. The van der Waals surface area contributed by atoms with Crippen LogP contribution < -0.4 is 0 Å².